The molecule has 0 aliphatic heterocycles. The van der Waals surface area contributed by atoms with Crippen LogP contribution in [0.2, 0.25) is 0 Å². The molecule has 6 heteroatoms. The largest absolute Gasteiger partial charge is 0.385 e. The number of hydrogen-bond acceptors (Lipinski definition) is 5. The lowest BCUT2D eigenvalue weighted by Gasteiger charge is -2.58. The predicted octanol–water partition coefficient (Wildman–Crippen LogP) is 5.90. The van der Waals surface area contributed by atoms with Gasteiger partial charge in [-0.2, -0.15) is 0 Å². The zero-order valence-electron chi connectivity index (χ0n) is 20.8. The fourth-order valence-electron chi connectivity index (χ4n) is 8.13. The van der Waals surface area contributed by atoms with Crippen LogP contribution in [0.1, 0.15) is 77.0 Å². The Morgan fingerprint density at radius 1 is 1.15 bits per heavy atom. The van der Waals surface area contributed by atoms with E-state index in [9.17, 15) is 9.59 Å². The highest BCUT2D eigenvalue weighted by Crippen LogP contribution is 2.66. The Kier molecular flexibility index (Phi) is 6.47. The van der Waals surface area contributed by atoms with E-state index in [0.29, 0.717) is 24.2 Å². The zero-order chi connectivity index (χ0) is 23.9. The van der Waals surface area contributed by atoms with E-state index < -0.39 is 0 Å². The third-order valence-electron chi connectivity index (χ3n) is 9.89. The molecule has 3 fully saturated rings. The molecule has 3 saturated carbocycles. The topological polar surface area (TPSA) is 67.8 Å². The molecule has 5 rings (SSSR count). The van der Waals surface area contributed by atoms with Crippen LogP contribution < -0.4 is 5.32 Å². The highest BCUT2D eigenvalue weighted by Gasteiger charge is 2.59. The van der Waals surface area contributed by atoms with Crippen LogP contribution in [0.25, 0.3) is 0 Å². The average molecular weight is 483 g/mol. The van der Waals surface area contributed by atoms with E-state index >= 15 is 0 Å². The Morgan fingerprint density at radius 2 is 2.00 bits per heavy atom. The standard InChI is InChI=1S/C28H38N2O3S/c1-18(31)23-8-9-24-22-7-6-19-15-20(10-12-27(19,2)25(22)11-13-28(23,24)3)30-33-17-26(32)29-16-21-5-4-14-34-21/h4-5,14-15,22-25H,6-13,16-17H2,1-3H3,(H,29,32)/t22-,23+,24-,25+,27+,28-/m1/s1. The summed E-state index contributed by atoms with van der Waals surface area (Å²) in [5, 5.41) is 9.21. The van der Waals surface area contributed by atoms with Gasteiger partial charge in [-0.1, -0.05) is 30.6 Å². The molecule has 1 amide bonds. The molecule has 0 bridgehead atoms. The van der Waals surface area contributed by atoms with Crippen molar-refractivity contribution in [1.29, 1.82) is 0 Å². The first-order chi connectivity index (χ1) is 16.3. The number of Topliss-reactive ketones (excluding diaryl/α,β-unsaturated/α-hetero) is 1. The molecular weight excluding hydrogens is 444 g/mol. The van der Waals surface area contributed by atoms with E-state index in [-0.39, 0.29) is 29.3 Å². The summed E-state index contributed by atoms with van der Waals surface area (Å²) in [7, 11) is 0. The maximum Gasteiger partial charge on any atom is 0.261 e. The second-order valence-corrected chi connectivity index (χ2v) is 12.5. The second-order valence-electron chi connectivity index (χ2n) is 11.5. The SMILES string of the molecule is CC(=O)[C@@H]1CC[C@@H]2[C@H]3CCC4=CC(=NOCC(=O)NCc5cccs5)CC[C@]4(C)[C@H]3CC[C@@]21C. The van der Waals surface area contributed by atoms with Crippen molar-refractivity contribution in [3.8, 4) is 0 Å². The summed E-state index contributed by atoms with van der Waals surface area (Å²) >= 11 is 1.63. The molecule has 1 N–H and O–H groups in total. The molecule has 0 unspecified atom stereocenters. The third kappa shape index (κ3) is 4.16. The first-order valence-electron chi connectivity index (χ1n) is 13.0. The summed E-state index contributed by atoms with van der Waals surface area (Å²) in [6.45, 7) is 7.20. The maximum absolute atomic E-state index is 12.4. The van der Waals surface area contributed by atoms with Gasteiger partial charge < -0.3 is 10.2 Å². The summed E-state index contributed by atoms with van der Waals surface area (Å²) < 4.78 is 0. The van der Waals surface area contributed by atoms with Crippen molar-refractivity contribution in [2.75, 3.05) is 6.61 Å². The Bertz CT molecular complexity index is 999. The number of thiophene rings is 1. The van der Waals surface area contributed by atoms with Crippen LogP contribution in [0.4, 0.5) is 0 Å². The molecule has 1 aromatic rings. The number of amides is 1. The molecule has 1 aromatic heterocycles. The molecule has 0 aromatic carbocycles. The van der Waals surface area contributed by atoms with Crippen molar-refractivity contribution < 1.29 is 14.4 Å². The van der Waals surface area contributed by atoms with Crippen LogP contribution in [-0.2, 0) is 21.0 Å². The van der Waals surface area contributed by atoms with Gasteiger partial charge in [-0.3, -0.25) is 9.59 Å². The van der Waals surface area contributed by atoms with E-state index in [1.807, 2.05) is 24.4 Å². The van der Waals surface area contributed by atoms with E-state index in [1.54, 1.807) is 11.3 Å². The number of hydrogen-bond donors (Lipinski definition) is 1. The summed E-state index contributed by atoms with van der Waals surface area (Å²) in [6, 6.07) is 3.99. The van der Waals surface area contributed by atoms with Crippen molar-refractivity contribution in [2.24, 2.45) is 39.7 Å². The lowest BCUT2D eigenvalue weighted by molar-refractivity contribution is -0.128. The molecule has 4 aliphatic rings. The van der Waals surface area contributed by atoms with Crippen LogP contribution in [0.15, 0.2) is 34.3 Å². The fourth-order valence-corrected chi connectivity index (χ4v) is 8.78. The molecule has 5 nitrogen and oxygen atoms in total. The van der Waals surface area contributed by atoms with E-state index in [1.165, 1.54) is 31.3 Å². The summed E-state index contributed by atoms with van der Waals surface area (Å²) in [6.07, 6.45) is 11.4. The molecule has 34 heavy (non-hydrogen) atoms. The minimum absolute atomic E-state index is 0.0441. The maximum atomic E-state index is 12.4. The number of rotatable bonds is 6. The highest BCUT2D eigenvalue weighted by atomic mass is 32.1. The Labute approximate surface area is 207 Å². The second kappa shape index (κ2) is 9.25. The molecule has 4 aliphatic carbocycles. The predicted molar refractivity (Wildman–Crippen MR) is 135 cm³/mol. The number of nitrogens with zero attached hydrogens (tertiary/aromatic N) is 1. The monoisotopic (exact) mass is 482 g/mol. The quantitative estimate of drug-likeness (QED) is 0.513. The average Bonchev–Trinajstić information content (AvgIpc) is 3.45. The zero-order valence-corrected chi connectivity index (χ0v) is 21.6. The molecule has 0 saturated heterocycles. The number of carbonyl (C=O) groups is 2. The van der Waals surface area contributed by atoms with Gasteiger partial charge in [0.1, 0.15) is 5.78 Å². The smallest absolute Gasteiger partial charge is 0.261 e. The van der Waals surface area contributed by atoms with Crippen LogP contribution in [0.3, 0.4) is 0 Å². The van der Waals surface area contributed by atoms with Gasteiger partial charge in [0, 0.05) is 10.8 Å². The number of ketones is 1. The van der Waals surface area contributed by atoms with E-state index in [0.717, 1.165) is 42.2 Å². The summed E-state index contributed by atoms with van der Waals surface area (Å²) in [5.41, 5.74) is 2.93. The van der Waals surface area contributed by atoms with Crippen LogP contribution in [0, 0.1) is 34.5 Å². The Morgan fingerprint density at radius 3 is 2.76 bits per heavy atom. The fraction of sp³-hybridized carbons (Fsp3) is 0.679. The van der Waals surface area contributed by atoms with Crippen LogP contribution >= 0.6 is 11.3 Å². The van der Waals surface area contributed by atoms with Gasteiger partial charge in [-0.15, -0.1) is 11.3 Å². The van der Waals surface area contributed by atoms with Crippen molar-refractivity contribution >= 4 is 28.7 Å². The van der Waals surface area contributed by atoms with Gasteiger partial charge in [-0.05, 0) is 104 Å². The van der Waals surface area contributed by atoms with Gasteiger partial charge in [0.15, 0.2) is 6.61 Å². The summed E-state index contributed by atoms with van der Waals surface area (Å²) in [5.74, 6) is 2.69. The first-order valence-corrected chi connectivity index (χ1v) is 13.9. The number of allylic oxidation sites excluding steroid dienone is 2. The van der Waals surface area contributed by atoms with Gasteiger partial charge >= 0.3 is 0 Å². The van der Waals surface area contributed by atoms with E-state index in [2.05, 4.69) is 30.4 Å². The van der Waals surface area contributed by atoms with Crippen molar-refractivity contribution in [3.05, 3.63) is 34.0 Å². The number of carbonyl (C=O) groups excluding carboxylic acids is 2. The molecule has 184 valence electrons. The molecule has 6 atom stereocenters. The van der Waals surface area contributed by atoms with E-state index in [4.69, 9.17) is 4.84 Å². The normalized spacial score (nSPS) is 37.9. The molecule has 0 radical (unpaired) electrons. The first kappa shape index (κ1) is 23.8. The third-order valence-corrected chi connectivity index (χ3v) is 10.8. The number of nitrogens with one attached hydrogen (secondary N) is 1. The van der Waals surface area contributed by atoms with Gasteiger partial charge in [0.25, 0.3) is 5.91 Å². The Hall–Kier alpha value is -1.95. The van der Waals surface area contributed by atoms with Gasteiger partial charge in [0.05, 0.1) is 12.3 Å². The molecule has 1 heterocycles. The van der Waals surface area contributed by atoms with Gasteiger partial charge in [0.2, 0.25) is 0 Å². The number of fused-ring (bicyclic) bond motifs is 5. The van der Waals surface area contributed by atoms with Crippen LogP contribution in [-0.4, -0.2) is 24.0 Å². The highest BCUT2D eigenvalue weighted by molar-refractivity contribution is 7.09. The van der Waals surface area contributed by atoms with Crippen molar-refractivity contribution in [3.63, 3.8) is 0 Å². The van der Waals surface area contributed by atoms with Crippen molar-refractivity contribution in [1.82, 2.24) is 5.32 Å². The molecular formula is C28H38N2O3S. The minimum atomic E-state index is -0.141. The Balaban J connectivity index is 1.21. The lowest BCUT2D eigenvalue weighted by Crippen LogP contribution is -2.51. The van der Waals surface area contributed by atoms with Crippen LogP contribution in [0.5, 0.6) is 0 Å². The summed E-state index contributed by atoms with van der Waals surface area (Å²) in [4.78, 5) is 31.0. The molecule has 0 spiro atoms. The minimum Gasteiger partial charge on any atom is -0.385 e. The number of oxime groups is 1. The van der Waals surface area contributed by atoms with Gasteiger partial charge in [-0.25, -0.2) is 0 Å². The van der Waals surface area contributed by atoms with Crippen molar-refractivity contribution in [2.45, 2.75) is 78.7 Å². The lowest BCUT2D eigenvalue weighted by atomic mass is 9.46.